The van der Waals surface area contributed by atoms with E-state index in [1.54, 1.807) is 0 Å². The highest BCUT2D eigenvalue weighted by molar-refractivity contribution is 5.85. The number of hydrogen-bond donors (Lipinski definition) is 1. The van der Waals surface area contributed by atoms with Gasteiger partial charge >= 0.3 is 0 Å². The summed E-state index contributed by atoms with van der Waals surface area (Å²) in [6.07, 6.45) is 2.15. The molecule has 0 atom stereocenters. The monoisotopic (exact) mass is 352 g/mol. The summed E-state index contributed by atoms with van der Waals surface area (Å²) >= 11 is 0. The maximum absolute atomic E-state index is 5.72. The van der Waals surface area contributed by atoms with Gasteiger partial charge in [0.1, 0.15) is 5.75 Å². The molecule has 0 aliphatic rings. The zero-order valence-corrected chi connectivity index (χ0v) is 16.1. The molecule has 0 aliphatic heterocycles. The minimum Gasteiger partial charge on any atom is -0.491 e. The van der Waals surface area contributed by atoms with Gasteiger partial charge in [0, 0.05) is 37.8 Å². The van der Waals surface area contributed by atoms with Crippen LogP contribution < -0.4 is 10.1 Å². The number of nitrogens with zero attached hydrogens (tertiary/aromatic N) is 3. The molecule has 24 heavy (non-hydrogen) atoms. The third-order valence-corrected chi connectivity index (χ3v) is 3.70. The molecule has 0 unspecified atom stereocenters. The van der Waals surface area contributed by atoms with Crippen molar-refractivity contribution < 1.29 is 4.74 Å². The molecule has 0 aliphatic carbocycles. The van der Waals surface area contributed by atoms with Crippen LogP contribution in [0.4, 0.5) is 0 Å². The molecule has 2 aromatic rings. The first-order chi connectivity index (χ1) is 11.0. The number of aryl methyl sites for hydroxylation is 1. The Balaban J connectivity index is 0.00000288. The average Bonchev–Trinajstić information content (AvgIpc) is 2.86. The van der Waals surface area contributed by atoms with Crippen molar-refractivity contribution >= 4 is 12.4 Å². The lowest BCUT2D eigenvalue weighted by molar-refractivity contribution is 0.242. The van der Waals surface area contributed by atoms with Crippen LogP contribution in [0.3, 0.4) is 0 Å². The fraction of sp³-hybridized carbons (Fsp3) is 0.500. The fourth-order valence-electron chi connectivity index (χ4n) is 2.61. The third kappa shape index (κ3) is 5.51. The van der Waals surface area contributed by atoms with Crippen molar-refractivity contribution in [2.24, 2.45) is 7.05 Å². The molecule has 0 amide bonds. The highest BCUT2D eigenvalue weighted by Gasteiger charge is 2.13. The van der Waals surface area contributed by atoms with Gasteiger partial charge in [-0.3, -0.25) is 4.68 Å². The Bertz CT molecular complexity index is 610. The lowest BCUT2D eigenvalue weighted by Gasteiger charge is -2.17. The summed E-state index contributed by atoms with van der Waals surface area (Å²) in [4.78, 5) is 2.30. The average molecular weight is 353 g/mol. The first-order valence-electron chi connectivity index (χ1n) is 8.12. The minimum atomic E-state index is 0. The molecule has 2 rings (SSSR count). The van der Waals surface area contributed by atoms with Crippen molar-refractivity contribution in [3.8, 4) is 17.0 Å². The summed E-state index contributed by atoms with van der Waals surface area (Å²) in [5.74, 6) is 0.901. The van der Waals surface area contributed by atoms with E-state index in [1.165, 1.54) is 5.56 Å². The number of ether oxygens (including phenoxy) is 1. The van der Waals surface area contributed by atoms with E-state index in [0.717, 1.165) is 36.6 Å². The summed E-state index contributed by atoms with van der Waals surface area (Å²) in [5.41, 5.74) is 3.57. The van der Waals surface area contributed by atoms with E-state index in [-0.39, 0.29) is 18.5 Å². The molecule has 5 nitrogen and oxygen atoms in total. The van der Waals surface area contributed by atoms with Crippen molar-refractivity contribution in [1.29, 1.82) is 0 Å². The van der Waals surface area contributed by atoms with Crippen LogP contribution >= 0.6 is 12.4 Å². The number of benzene rings is 1. The largest absolute Gasteiger partial charge is 0.491 e. The summed E-state index contributed by atoms with van der Waals surface area (Å²) in [7, 11) is 6.10. The zero-order valence-electron chi connectivity index (χ0n) is 15.2. The first-order valence-corrected chi connectivity index (χ1v) is 8.12. The van der Waals surface area contributed by atoms with Crippen LogP contribution in [0.1, 0.15) is 19.4 Å². The Kier molecular flexibility index (Phi) is 8.25. The van der Waals surface area contributed by atoms with Gasteiger partial charge in [0.15, 0.2) is 0 Å². The van der Waals surface area contributed by atoms with Crippen LogP contribution in [0, 0.1) is 0 Å². The van der Waals surface area contributed by atoms with E-state index < -0.39 is 0 Å². The van der Waals surface area contributed by atoms with Gasteiger partial charge < -0.3 is 15.0 Å². The topological polar surface area (TPSA) is 42.3 Å². The number of hydrogen-bond acceptors (Lipinski definition) is 4. The Morgan fingerprint density at radius 3 is 2.50 bits per heavy atom. The fourth-order valence-corrected chi connectivity index (χ4v) is 2.61. The molecule has 134 valence electrons. The predicted octanol–water partition coefficient (Wildman–Crippen LogP) is 2.95. The molecule has 0 saturated heterocycles. The Morgan fingerprint density at radius 2 is 1.92 bits per heavy atom. The van der Waals surface area contributed by atoms with Gasteiger partial charge in [-0.05, 0) is 52.2 Å². The molecule has 1 heterocycles. The van der Waals surface area contributed by atoms with Gasteiger partial charge in [-0.25, -0.2) is 0 Å². The third-order valence-electron chi connectivity index (χ3n) is 3.70. The van der Waals surface area contributed by atoms with E-state index in [0.29, 0.717) is 0 Å². The molecule has 0 fully saturated rings. The van der Waals surface area contributed by atoms with Crippen molar-refractivity contribution in [2.75, 3.05) is 27.2 Å². The van der Waals surface area contributed by atoms with E-state index >= 15 is 0 Å². The van der Waals surface area contributed by atoms with E-state index in [2.05, 4.69) is 34.5 Å². The van der Waals surface area contributed by atoms with Crippen LogP contribution in [0.2, 0.25) is 0 Å². The lowest BCUT2D eigenvalue weighted by Crippen LogP contribution is -2.27. The summed E-state index contributed by atoms with van der Waals surface area (Å²) in [6.45, 7) is 6.94. The second-order valence-electron chi connectivity index (χ2n) is 6.17. The van der Waals surface area contributed by atoms with Crippen LogP contribution in [-0.4, -0.2) is 48.0 Å². The molecule has 0 radical (unpaired) electrons. The first kappa shape index (κ1) is 20.5. The molecule has 6 heteroatoms. The van der Waals surface area contributed by atoms with E-state index in [9.17, 15) is 0 Å². The number of rotatable bonds is 8. The normalized spacial score (nSPS) is 11.0. The van der Waals surface area contributed by atoms with Crippen LogP contribution in [0.25, 0.3) is 11.3 Å². The highest BCUT2D eigenvalue weighted by Crippen LogP contribution is 2.26. The van der Waals surface area contributed by atoms with Crippen LogP contribution in [-0.2, 0) is 13.6 Å². The number of aromatic nitrogens is 2. The molecule has 1 aromatic heterocycles. The van der Waals surface area contributed by atoms with Crippen LogP contribution in [0.15, 0.2) is 30.5 Å². The molecule has 0 saturated carbocycles. The smallest absolute Gasteiger partial charge is 0.119 e. The SMILES string of the molecule is CNCCN(C)Cc1cnn(C)c1-c1ccc(OC(C)C)cc1.Cl. The van der Waals surface area contributed by atoms with Gasteiger partial charge in [-0.15, -0.1) is 12.4 Å². The number of likely N-dealkylation sites (N-methyl/N-ethyl adjacent to an activating group) is 2. The molecule has 1 aromatic carbocycles. The van der Waals surface area contributed by atoms with Crippen molar-refractivity contribution in [3.63, 3.8) is 0 Å². The highest BCUT2D eigenvalue weighted by atomic mass is 35.5. The molecule has 0 spiro atoms. The number of nitrogens with one attached hydrogen (secondary N) is 1. The Morgan fingerprint density at radius 1 is 1.25 bits per heavy atom. The van der Waals surface area contributed by atoms with E-state index in [4.69, 9.17) is 4.74 Å². The summed E-state index contributed by atoms with van der Waals surface area (Å²) in [5, 5.41) is 7.62. The lowest BCUT2D eigenvalue weighted by atomic mass is 10.1. The second kappa shape index (κ2) is 9.67. The summed E-state index contributed by atoms with van der Waals surface area (Å²) in [6, 6.07) is 8.26. The molecular weight excluding hydrogens is 324 g/mol. The van der Waals surface area contributed by atoms with Crippen molar-refractivity contribution in [1.82, 2.24) is 20.0 Å². The van der Waals surface area contributed by atoms with Crippen molar-refractivity contribution in [2.45, 2.75) is 26.5 Å². The molecule has 1 N–H and O–H groups in total. The maximum Gasteiger partial charge on any atom is 0.119 e. The van der Waals surface area contributed by atoms with Crippen LogP contribution in [0.5, 0.6) is 5.75 Å². The van der Waals surface area contributed by atoms with Gasteiger partial charge in [0.2, 0.25) is 0 Å². The Hall–Kier alpha value is -1.56. The van der Waals surface area contributed by atoms with E-state index in [1.807, 2.05) is 51.0 Å². The molecule has 0 bridgehead atoms. The predicted molar refractivity (Wildman–Crippen MR) is 102 cm³/mol. The maximum atomic E-state index is 5.72. The van der Waals surface area contributed by atoms with Gasteiger partial charge in [-0.1, -0.05) is 0 Å². The minimum absolute atomic E-state index is 0. The molecular formula is C18H29ClN4O. The Labute approximate surface area is 151 Å². The van der Waals surface area contributed by atoms with Gasteiger partial charge in [0.25, 0.3) is 0 Å². The zero-order chi connectivity index (χ0) is 16.8. The second-order valence-corrected chi connectivity index (χ2v) is 6.17. The van der Waals surface area contributed by atoms with Gasteiger partial charge in [0.05, 0.1) is 18.0 Å². The number of halogens is 1. The van der Waals surface area contributed by atoms with Gasteiger partial charge in [-0.2, -0.15) is 5.10 Å². The van der Waals surface area contributed by atoms with Crippen molar-refractivity contribution in [3.05, 3.63) is 36.0 Å². The summed E-state index contributed by atoms with van der Waals surface area (Å²) < 4.78 is 7.66. The quantitative estimate of drug-likeness (QED) is 0.793. The standard InChI is InChI=1S/C18H28N4O.ClH/c1-14(2)23-17-8-6-15(7-9-17)18-16(12-20-22(18)5)13-21(4)11-10-19-3;/h6-9,12,14,19H,10-11,13H2,1-5H3;1H.